The number of nitrogens with zero attached hydrogens (tertiary/aromatic N) is 4. The van der Waals surface area contributed by atoms with E-state index in [1.807, 2.05) is 32.0 Å². The number of hydrogen-bond donors (Lipinski definition) is 0. The number of aromatic nitrogens is 3. The number of carbonyl (C=O) groups is 1. The van der Waals surface area contributed by atoms with E-state index in [-0.39, 0.29) is 12.0 Å². The van der Waals surface area contributed by atoms with Gasteiger partial charge in [0.1, 0.15) is 11.8 Å². The Kier molecular flexibility index (Phi) is 4.11. The fourth-order valence-electron chi connectivity index (χ4n) is 2.47. The fourth-order valence-corrected chi connectivity index (χ4v) is 2.47. The molecule has 0 bridgehead atoms. The van der Waals surface area contributed by atoms with Gasteiger partial charge in [0.2, 0.25) is 0 Å². The molecule has 114 valence electrons. The summed E-state index contributed by atoms with van der Waals surface area (Å²) in [4.78, 5) is 27.2. The minimum Gasteiger partial charge on any atom is -0.367 e. The third-order valence-electron chi connectivity index (χ3n) is 3.67. The van der Waals surface area contributed by atoms with Gasteiger partial charge in [-0.3, -0.25) is 9.78 Å². The Morgan fingerprint density at radius 2 is 2.14 bits per heavy atom. The lowest BCUT2D eigenvalue weighted by atomic mass is 10.1. The first-order chi connectivity index (χ1) is 10.6. The number of morpholine rings is 1. The summed E-state index contributed by atoms with van der Waals surface area (Å²) in [6.07, 6.45) is 3.06. The van der Waals surface area contributed by atoms with Crippen LogP contribution in [0.25, 0.3) is 0 Å². The maximum absolute atomic E-state index is 12.6. The van der Waals surface area contributed by atoms with Crippen molar-refractivity contribution in [2.75, 3.05) is 19.7 Å². The second kappa shape index (κ2) is 6.19. The highest BCUT2D eigenvalue weighted by atomic mass is 16.5. The van der Waals surface area contributed by atoms with Gasteiger partial charge in [0.25, 0.3) is 5.91 Å². The normalized spacial score (nSPS) is 18.3. The summed E-state index contributed by atoms with van der Waals surface area (Å²) >= 11 is 0. The first-order valence-corrected chi connectivity index (χ1v) is 7.27. The number of amides is 1. The maximum atomic E-state index is 12.6. The number of aryl methyl sites for hydroxylation is 2. The molecule has 1 aliphatic heterocycles. The highest BCUT2D eigenvalue weighted by molar-refractivity contribution is 5.93. The van der Waals surface area contributed by atoms with Crippen LogP contribution in [0.2, 0.25) is 0 Å². The van der Waals surface area contributed by atoms with Crippen LogP contribution in [0.1, 0.15) is 33.7 Å². The van der Waals surface area contributed by atoms with Crippen LogP contribution in [0.4, 0.5) is 0 Å². The van der Waals surface area contributed by atoms with E-state index in [0.717, 1.165) is 11.3 Å². The van der Waals surface area contributed by atoms with Crippen LogP contribution in [0.3, 0.4) is 0 Å². The summed E-state index contributed by atoms with van der Waals surface area (Å²) in [5, 5.41) is 0. The van der Waals surface area contributed by atoms with E-state index in [0.29, 0.717) is 31.2 Å². The van der Waals surface area contributed by atoms with Crippen molar-refractivity contribution in [3.05, 3.63) is 53.4 Å². The lowest BCUT2D eigenvalue weighted by molar-refractivity contribution is -0.0270. The van der Waals surface area contributed by atoms with Crippen LogP contribution in [0.5, 0.6) is 0 Å². The van der Waals surface area contributed by atoms with Gasteiger partial charge < -0.3 is 9.64 Å². The van der Waals surface area contributed by atoms with E-state index >= 15 is 0 Å². The average Bonchev–Trinajstić information content (AvgIpc) is 2.55. The SMILES string of the molecule is Cc1ccnc([C@@H]2CN(C(=O)c3ncccc3C)CCO2)n1. The smallest absolute Gasteiger partial charge is 0.272 e. The van der Waals surface area contributed by atoms with Crippen molar-refractivity contribution >= 4 is 5.91 Å². The predicted molar refractivity (Wildman–Crippen MR) is 80.3 cm³/mol. The van der Waals surface area contributed by atoms with Crippen LogP contribution < -0.4 is 0 Å². The van der Waals surface area contributed by atoms with Crippen LogP contribution in [0.15, 0.2) is 30.6 Å². The van der Waals surface area contributed by atoms with Gasteiger partial charge in [-0.2, -0.15) is 0 Å². The molecular formula is C16H18N4O2. The zero-order valence-corrected chi connectivity index (χ0v) is 12.7. The summed E-state index contributed by atoms with van der Waals surface area (Å²) < 4.78 is 5.73. The highest BCUT2D eigenvalue weighted by Crippen LogP contribution is 2.20. The van der Waals surface area contributed by atoms with Gasteiger partial charge >= 0.3 is 0 Å². The topological polar surface area (TPSA) is 68.2 Å². The highest BCUT2D eigenvalue weighted by Gasteiger charge is 2.28. The van der Waals surface area contributed by atoms with Crippen LogP contribution in [-0.2, 0) is 4.74 Å². The second-order valence-electron chi connectivity index (χ2n) is 5.34. The minimum absolute atomic E-state index is 0.0703. The summed E-state index contributed by atoms with van der Waals surface area (Å²) in [5.41, 5.74) is 2.26. The molecule has 2 aromatic rings. The summed E-state index contributed by atoms with van der Waals surface area (Å²) in [7, 11) is 0. The van der Waals surface area contributed by atoms with Gasteiger partial charge in [-0.1, -0.05) is 6.07 Å². The van der Waals surface area contributed by atoms with Crippen LogP contribution in [0, 0.1) is 13.8 Å². The van der Waals surface area contributed by atoms with Gasteiger partial charge in [-0.05, 0) is 31.5 Å². The molecule has 0 saturated carbocycles. The molecule has 0 aliphatic carbocycles. The predicted octanol–water partition coefficient (Wildman–Crippen LogP) is 1.70. The van der Waals surface area contributed by atoms with Gasteiger partial charge in [-0.25, -0.2) is 9.97 Å². The summed E-state index contributed by atoms with van der Waals surface area (Å²) in [6.45, 7) is 5.27. The third kappa shape index (κ3) is 2.96. The molecule has 0 aromatic carbocycles. The number of hydrogen-bond acceptors (Lipinski definition) is 5. The molecule has 3 heterocycles. The van der Waals surface area contributed by atoms with Crippen molar-refractivity contribution in [1.29, 1.82) is 0 Å². The van der Waals surface area contributed by atoms with Crippen LogP contribution >= 0.6 is 0 Å². The summed E-state index contributed by atoms with van der Waals surface area (Å²) in [6, 6.07) is 5.56. The summed E-state index contributed by atoms with van der Waals surface area (Å²) in [5.74, 6) is 0.550. The Labute approximate surface area is 129 Å². The number of ether oxygens (including phenoxy) is 1. The van der Waals surface area contributed by atoms with Crippen molar-refractivity contribution in [1.82, 2.24) is 19.9 Å². The molecule has 6 heteroatoms. The molecule has 1 atom stereocenters. The van der Waals surface area contributed by atoms with E-state index in [1.54, 1.807) is 17.3 Å². The lowest BCUT2D eigenvalue weighted by Gasteiger charge is -2.32. The Balaban J connectivity index is 1.78. The van der Waals surface area contributed by atoms with Crippen molar-refractivity contribution in [3.63, 3.8) is 0 Å². The number of rotatable bonds is 2. The Morgan fingerprint density at radius 3 is 2.91 bits per heavy atom. The Hall–Kier alpha value is -2.34. The Bertz CT molecular complexity index is 689. The minimum atomic E-state index is -0.290. The van der Waals surface area contributed by atoms with Gasteiger partial charge in [0.15, 0.2) is 5.82 Å². The zero-order chi connectivity index (χ0) is 15.5. The molecule has 1 saturated heterocycles. The first-order valence-electron chi connectivity index (χ1n) is 7.27. The van der Waals surface area contributed by atoms with Crippen molar-refractivity contribution in [3.8, 4) is 0 Å². The quantitative estimate of drug-likeness (QED) is 0.844. The molecule has 1 fully saturated rings. The van der Waals surface area contributed by atoms with E-state index in [2.05, 4.69) is 15.0 Å². The average molecular weight is 298 g/mol. The largest absolute Gasteiger partial charge is 0.367 e. The lowest BCUT2D eigenvalue weighted by Crippen LogP contribution is -2.43. The molecule has 0 spiro atoms. The number of carbonyl (C=O) groups excluding carboxylic acids is 1. The van der Waals surface area contributed by atoms with Crippen molar-refractivity contribution < 1.29 is 9.53 Å². The van der Waals surface area contributed by atoms with Gasteiger partial charge in [-0.15, -0.1) is 0 Å². The second-order valence-corrected chi connectivity index (χ2v) is 5.34. The molecule has 22 heavy (non-hydrogen) atoms. The number of pyridine rings is 1. The molecule has 0 radical (unpaired) electrons. The molecule has 6 nitrogen and oxygen atoms in total. The molecule has 0 unspecified atom stereocenters. The van der Waals surface area contributed by atoms with E-state index in [9.17, 15) is 4.79 Å². The standard InChI is InChI=1S/C16H18N4O2/c1-11-4-3-6-17-14(11)16(21)20-8-9-22-13(10-20)15-18-7-5-12(2)19-15/h3-7,13H,8-10H2,1-2H3/t13-/m0/s1. The van der Waals surface area contributed by atoms with Gasteiger partial charge in [0.05, 0.1) is 13.2 Å². The molecule has 0 N–H and O–H groups in total. The van der Waals surface area contributed by atoms with Crippen molar-refractivity contribution in [2.45, 2.75) is 20.0 Å². The zero-order valence-electron chi connectivity index (χ0n) is 12.7. The molecular weight excluding hydrogens is 280 g/mol. The first kappa shape index (κ1) is 14.6. The Morgan fingerprint density at radius 1 is 1.27 bits per heavy atom. The molecule has 1 aliphatic rings. The fraction of sp³-hybridized carbons (Fsp3) is 0.375. The maximum Gasteiger partial charge on any atom is 0.272 e. The molecule has 2 aromatic heterocycles. The van der Waals surface area contributed by atoms with Crippen LogP contribution in [-0.4, -0.2) is 45.5 Å². The van der Waals surface area contributed by atoms with Gasteiger partial charge in [0, 0.05) is 24.6 Å². The monoisotopic (exact) mass is 298 g/mol. The third-order valence-corrected chi connectivity index (χ3v) is 3.67. The molecule has 1 amide bonds. The van der Waals surface area contributed by atoms with E-state index in [4.69, 9.17) is 4.74 Å². The van der Waals surface area contributed by atoms with E-state index in [1.165, 1.54) is 0 Å². The molecule has 3 rings (SSSR count). The van der Waals surface area contributed by atoms with Crippen molar-refractivity contribution in [2.24, 2.45) is 0 Å². The van der Waals surface area contributed by atoms with E-state index < -0.39 is 0 Å².